The molecule has 1 aliphatic heterocycles. The molecule has 0 saturated carbocycles. The summed E-state index contributed by atoms with van der Waals surface area (Å²) in [6.45, 7) is 2.87. The quantitative estimate of drug-likeness (QED) is 0.852. The van der Waals surface area contributed by atoms with Crippen LogP contribution in [0.25, 0.3) is 0 Å². The predicted molar refractivity (Wildman–Crippen MR) is 91.6 cm³/mol. The van der Waals surface area contributed by atoms with Gasteiger partial charge in [0.15, 0.2) is 0 Å². The van der Waals surface area contributed by atoms with Gasteiger partial charge in [0.05, 0.1) is 25.8 Å². The Morgan fingerprint density at radius 3 is 2.83 bits per heavy atom. The summed E-state index contributed by atoms with van der Waals surface area (Å²) in [5.41, 5.74) is 1.85. The van der Waals surface area contributed by atoms with E-state index in [4.69, 9.17) is 9.47 Å². The summed E-state index contributed by atoms with van der Waals surface area (Å²) in [6.07, 6.45) is 1.82. The normalized spacial score (nSPS) is 16.8. The number of carbonyl (C=O) groups is 1. The SMILES string of the molecule is CCC1c2ccsc2CCN1C(=O)c1cc(OC)ccc1OC. The van der Waals surface area contributed by atoms with Crippen LogP contribution in [0, 0.1) is 0 Å². The number of nitrogens with zero attached hydrogens (tertiary/aromatic N) is 1. The third kappa shape index (κ3) is 2.81. The molecular weight excluding hydrogens is 310 g/mol. The molecule has 0 bridgehead atoms. The van der Waals surface area contributed by atoms with Crippen LogP contribution in [0.4, 0.5) is 0 Å². The second-order valence-corrected chi connectivity index (χ2v) is 6.54. The van der Waals surface area contributed by atoms with Crippen LogP contribution in [0.1, 0.15) is 40.2 Å². The molecule has 0 spiro atoms. The van der Waals surface area contributed by atoms with Crippen molar-refractivity contribution in [2.75, 3.05) is 20.8 Å². The molecule has 1 aromatic carbocycles. The molecule has 1 aliphatic rings. The van der Waals surface area contributed by atoms with Crippen LogP contribution in [0.5, 0.6) is 11.5 Å². The highest BCUT2D eigenvalue weighted by molar-refractivity contribution is 7.10. The lowest BCUT2D eigenvalue weighted by Gasteiger charge is -2.35. The van der Waals surface area contributed by atoms with E-state index in [0.717, 1.165) is 19.4 Å². The van der Waals surface area contributed by atoms with Crippen LogP contribution in [0.3, 0.4) is 0 Å². The van der Waals surface area contributed by atoms with E-state index in [9.17, 15) is 4.79 Å². The highest BCUT2D eigenvalue weighted by Crippen LogP contribution is 2.37. The molecule has 0 saturated heterocycles. The molecule has 2 heterocycles. The third-order valence-electron chi connectivity index (χ3n) is 4.38. The summed E-state index contributed by atoms with van der Waals surface area (Å²) < 4.78 is 10.6. The summed E-state index contributed by atoms with van der Waals surface area (Å²) in [5.74, 6) is 1.25. The van der Waals surface area contributed by atoms with Gasteiger partial charge in [0.25, 0.3) is 5.91 Å². The topological polar surface area (TPSA) is 38.8 Å². The van der Waals surface area contributed by atoms with Gasteiger partial charge in [0.1, 0.15) is 11.5 Å². The first kappa shape index (κ1) is 15.9. The Morgan fingerprint density at radius 1 is 1.30 bits per heavy atom. The molecule has 23 heavy (non-hydrogen) atoms. The van der Waals surface area contributed by atoms with E-state index in [1.54, 1.807) is 43.8 Å². The number of fused-ring (bicyclic) bond motifs is 1. The van der Waals surface area contributed by atoms with Crippen molar-refractivity contribution in [3.05, 3.63) is 45.6 Å². The fraction of sp³-hybridized carbons (Fsp3) is 0.389. The second kappa shape index (κ2) is 6.62. The lowest BCUT2D eigenvalue weighted by molar-refractivity contribution is 0.0653. The maximum absolute atomic E-state index is 13.1. The Kier molecular flexibility index (Phi) is 4.57. The van der Waals surface area contributed by atoms with Crippen LogP contribution in [-0.4, -0.2) is 31.6 Å². The van der Waals surface area contributed by atoms with Gasteiger partial charge in [0.2, 0.25) is 0 Å². The number of methoxy groups -OCH3 is 2. The number of benzene rings is 1. The van der Waals surface area contributed by atoms with Crippen LogP contribution in [-0.2, 0) is 6.42 Å². The van der Waals surface area contributed by atoms with Crippen LogP contribution < -0.4 is 9.47 Å². The van der Waals surface area contributed by atoms with E-state index < -0.39 is 0 Å². The molecular formula is C18H21NO3S. The van der Waals surface area contributed by atoms with E-state index in [1.165, 1.54) is 10.4 Å². The number of ether oxygens (including phenoxy) is 2. The van der Waals surface area contributed by atoms with Crippen molar-refractivity contribution in [3.63, 3.8) is 0 Å². The Labute approximate surface area is 140 Å². The zero-order chi connectivity index (χ0) is 16.4. The van der Waals surface area contributed by atoms with Crippen molar-refractivity contribution in [2.24, 2.45) is 0 Å². The molecule has 122 valence electrons. The zero-order valence-electron chi connectivity index (χ0n) is 13.7. The van der Waals surface area contributed by atoms with Gasteiger partial charge in [-0.2, -0.15) is 0 Å². The molecule has 5 heteroatoms. The minimum Gasteiger partial charge on any atom is -0.497 e. The Morgan fingerprint density at radius 2 is 2.13 bits per heavy atom. The van der Waals surface area contributed by atoms with E-state index in [1.807, 2.05) is 4.90 Å². The van der Waals surface area contributed by atoms with Crippen LogP contribution in [0.2, 0.25) is 0 Å². The van der Waals surface area contributed by atoms with Gasteiger partial charge in [-0.3, -0.25) is 4.79 Å². The van der Waals surface area contributed by atoms with Crippen molar-refractivity contribution in [1.82, 2.24) is 4.90 Å². The Bertz CT molecular complexity index is 710. The summed E-state index contributed by atoms with van der Waals surface area (Å²) >= 11 is 1.79. The van der Waals surface area contributed by atoms with Crippen LogP contribution in [0.15, 0.2) is 29.6 Å². The van der Waals surface area contributed by atoms with Gasteiger partial charge in [-0.25, -0.2) is 0 Å². The fourth-order valence-corrected chi connectivity index (χ4v) is 4.14. The van der Waals surface area contributed by atoms with E-state index in [0.29, 0.717) is 17.1 Å². The number of hydrogen-bond acceptors (Lipinski definition) is 4. The standard InChI is InChI=1S/C18H21NO3S/c1-4-15-13-8-10-23-17(13)7-9-19(15)18(20)14-11-12(21-2)5-6-16(14)22-3/h5-6,8,10-11,15H,4,7,9H2,1-3H3. The average molecular weight is 331 g/mol. The number of hydrogen-bond donors (Lipinski definition) is 0. The summed E-state index contributed by atoms with van der Waals surface area (Å²) in [6, 6.07) is 7.63. The van der Waals surface area contributed by atoms with Gasteiger partial charge in [-0.15, -0.1) is 11.3 Å². The predicted octanol–water partition coefficient (Wildman–Crippen LogP) is 3.91. The molecule has 1 aromatic heterocycles. The van der Waals surface area contributed by atoms with Crippen molar-refractivity contribution in [1.29, 1.82) is 0 Å². The molecule has 0 fully saturated rings. The lowest BCUT2D eigenvalue weighted by atomic mass is 9.96. The van der Waals surface area contributed by atoms with Gasteiger partial charge in [-0.1, -0.05) is 6.92 Å². The summed E-state index contributed by atoms with van der Waals surface area (Å²) in [4.78, 5) is 16.5. The number of amides is 1. The number of thiophene rings is 1. The molecule has 0 N–H and O–H groups in total. The molecule has 0 radical (unpaired) electrons. The monoisotopic (exact) mass is 331 g/mol. The summed E-state index contributed by atoms with van der Waals surface area (Å²) in [7, 11) is 3.19. The maximum Gasteiger partial charge on any atom is 0.258 e. The minimum absolute atomic E-state index is 0.00412. The second-order valence-electron chi connectivity index (χ2n) is 5.54. The van der Waals surface area contributed by atoms with Crippen molar-refractivity contribution >= 4 is 17.2 Å². The van der Waals surface area contributed by atoms with E-state index >= 15 is 0 Å². The molecule has 0 aliphatic carbocycles. The van der Waals surface area contributed by atoms with E-state index in [-0.39, 0.29) is 11.9 Å². The highest BCUT2D eigenvalue weighted by atomic mass is 32.1. The molecule has 1 atom stereocenters. The molecule has 3 rings (SSSR count). The minimum atomic E-state index is 0.00412. The third-order valence-corrected chi connectivity index (χ3v) is 5.38. The van der Waals surface area contributed by atoms with Crippen LogP contribution >= 0.6 is 11.3 Å². The largest absolute Gasteiger partial charge is 0.497 e. The molecule has 1 amide bonds. The first-order valence-corrected chi connectivity index (χ1v) is 8.66. The number of rotatable bonds is 4. The first-order valence-electron chi connectivity index (χ1n) is 7.78. The van der Waals surface area contributed by atoms with Crippen molar-refractivity contribution in [2.45, 2.75) is 25.8 Å². The fourth-order valence-electron chi connectivity index (χ4n) is 3.22. The molecule has 2 aromatic rings. The van der Waals surface area contributed by atoms with Crippen molar-refractivity contribution in [3.8, 4) is 11.5 Å². The van der Waals surface area contributed by atoms with Crippen molar-refractivity contribution < 1.29 is 14.3 Å². The van der Waals surface area contributed by atoms with E-state index in [2.05, 4.69) is 18.4 Å². The smallest absolute Gasteiger partial charge is 0.258 e. The highest BCUT2D eigenvalue weighted by Gasteiger charge is 2.32. The van der Waals surface area contributed by atoms with Gasteiger partial charge in [-0.05, 0) is 48.1 Å². The zero-order valence-corrected chi connectivity index (χ0v) is 14.5. The summed E-state index contributed by atoms with van der Waals surface area (Å²) in [5, 5.41) is 2.12. The van der Waals surface area contributed by atoms with Gasteiger partial charge in [0, 0.05) is 11.4 Å². The average Bonchev–Trinajstić information content (AvgIpc) is 3.08. The first-order chi connectivity index (χ1) is 11.2. The Balaban J connectivity index is 1.97. The molecule has 1 unspecified atom stereocenters. The Hall–Kier alpha value is -2.01. The van der Waals surface area contributed by atoms with Gasteiger partial charge < -0.3 is 14.4 Å². The maximum atomic E-state index is 13.1. The van der Waals surface area contributed by atoms with Gasteiger partial charge >= 0.3 is 0 Å². The molecule has 4 nitrogen and oxygen atoms in total. The number of carbonyl (C=O) groups excluding carboxylic acids is 1. The lowest BCUT2D eigenvalue weighted by Crippen LogP contribution is -2.39.